The molecule has 2 aromatic carbocycles. The van der Waals surface area contributed by atoms with E-state index >= 15 is 0 Å². The van der Waals surface area contributed by atoms with E-state index < -0.39 is 19.9 Å². The van der Waals surface area contributed by atoms with Crippen molar-refractivity contribution in [2.75, 3.05) is 5.32 Å². The maximum absolute atomic E-state index is 12.5. The molecule has 1 heterocycles. The van der Waals surface area contributed by atoms with Crippen molar-refractivity contribution in [3.63, 3.8) is 0 Å². The standard InChI is InChI=1S/C14H11ClN2O4S2/c15-12-4-2-1-3-10(12)8-22(18,19)11-5-6-13-14(7-11)23(20,21)17-9-16-13/h1-7,9H,8H2,(H,16,17). The molecule has 0 unspecified atom stereocenters. The number of benzene rings is 2. The minimum Gasteiger partial charge on any atom is -0.345 e. The second-order valence-corrected chi connectivity index (χ2v) is 8.86. The minimum absolute atomic E-state index is 0.0985. The van der Waals surface area contributed by atoms with Crippen LogP contribution in [0.4, 0.5) is 5.69 Å². The predicted molar refractivity (Wildman–Crippen MR) is 88.1 cm³/mol. The summed E-state index contributed by atoms with van der Waals surface area (Å²) in [5.74, 6) is -0.317. The van der Waals surface area contributed by atoms with Crippen LogP contribution in [0.15, 0.2) is 56.7 Å². The first kappa shape index (κ1) is 16.0. The van der Waals surface area contributed by atoms with Gasteiger partial charge in [0.2, 0.25) is 0 Å². The van der Waals surface area contributed by atoms with Gasteiger partial charge in [-0.15, -0.1) is 4.40 Å². The summed E-state index contributed by atoms with van der Waals surface area (Å²) < 4.78 is 52.2. The molecular formula is C14H11ClN2O4S2. The van der Waals surface area contributed by atoms with Gasteiger partial charge in [0.05, 0.1) is 16.3 Å². The molecule has 0 spiro atoms. The fourth-order valence-corrected chi connectivity index (χ4v) is 4.90. The third kappa shape index (κ3) is 3.10. The lowest BCUT2D eigenvalue weighted by Gasteiger charge is -2.14. The van der Waals surface area contributed by atoms with Gasteiger partial charge in [0.1, 0.15) is 11.2 Å². The Kier molecular flexibility index (Phi) is 3.91. The molecule has 1 N–H and O–H groups in total. The predicted octanol–water partition coefficient (Wildman–Crippen LogP) is 2.46. The molecule has 0 saturated carbocycles. The molecule has 23 heavy (non-hydrogen) atoms. The molecule has 6 nitrogen and oxygen atoms in total. The highest BCUT2D eigenvalue weighted by Gasteiger charge is 2.25. The molecule has 0 saturated heterocycles. The Hall–Kier alpha value is -1.90. The Bertz CT molecular complexity index is 1010. The van der Waals surface area contributed by atoms with Crippen molar-refractivity contribution in [2.45, 2.75) is 15.5 Å². The SMILES string of the molecule is O=S(=O)(Cc1ccccc1Cl)c1ccc2c(c1)S(=O)(=O)N=CN2. The first-order valence-electron chi connectivity index (χ1n) is 6.45. The summed E-state index contributed by atoms with van der Waals surface area (Å²) in [5.41, 5.74) is 0.739. The van der Waals surface area contributed by atoms with Crippen molar-refractivity contribution >= 4 is 43.5 Å². The number of fused-ring (bicyclic) bond motifs is 1. The van der Waals surface area contributed by atoms with Crippen LogP contribution in [-0.4, -0.2) is 23.2 Å². The molecule has 1 aliphatic heterocycles. The van der Waals surface area contributed by atoms with Gasteiger partial charge in [-0.1, -0.05) is 29.8 Å². The lowest BCUT2D eigenvalue weighted by molar-refractivity contribution is 0.594. The number of nitrogens with zero attached hydrogens (tertiary/aromatic N) is 1. The number of anilines is 1. The van der Waals surface area contributed by atoms with Crippen LogP contribution in [0, 0.1) is 0 Å². The summed E-state index contributed by atoms with van der Waals surface area (Å²) in [7, 11) is -7.64. The molecule has 2 aromatic rings. The Morgan fingerprint density at radius 3 is 2.61 bits per heavy atom. The normalized spacial score (nSPS) is 15.7. The smallest absolute Gasteiger partial charge is 0.285 e. The zero-order chi connectivity index (χ0) is 16.7. The largest absolute Gasteiger partial charge is 0.345 e. The Morgan fingerprint density at radius 2 is 1.87 bits per heavy atom. The second kappa shape index (κ2) is 5.63. The van der Waals surface area contributed by atoms with Crippen LogP contribution in [0.3, 0.4) is 0 Å². The molecule has 0 fully saturated rings. The number of sulfonamides is 1. The third-order valence-corrected chi connectivity index (χ3v) is 6.61. The molecule has 1 aliphatic rings. The molecule has 0 aliphatic carbocycles. The molecule has 3 rings (SSSR count). The third-order valence-electron chi connectivity index (χ3n) is 3.30. The first-order valence-corrected chi connectivity index (χ1v) is 9.92. The van der Waals surface area contributed by atoms with Crippen LogP contribution in [0.5, 0.6) is 0 Å². The van der Waals surface area contributed by atoms with Gasteiger partial charge < -0.3 is 5.32 Å². The zero-order valence-electron chi connectivity index (χ0n) is 11.6. The monoisotopic (exact) mass is 370 g/mol. The molecule has 0 aromatic heterocycles. The minimum atomic E-state index is -3.89. The highest BCUT2D eigenvalue weighted by molar-refractivity contribution is 7.91. The Labute approximate surface area is 138 Å². The van der Waals surface area contributed by atoms with E-state index in [0.29, 0.717) is 10.6 Å². The van der Waals surface area contributed by atoms with Crippen molar-refractivity contribution in [2.24, 2.45) is 4.40 Å². The van der Waals surface area contributed by atoms with E-state index in [2.05, 4.69) is 9.71 Å². The van der Waals surface area contributed by atoms with Gasteiger partial charge in [0.25, 0.3) is 10.0 Å². The summed E-state index contributed by atoms with van der Waals surface area (Å²) in [6.45, 7) is 0. The van der Waals surface area contributed by atoms with Gasteiger partial charge in [0, 0.05) is 5.02 Å². The fraction of sp³-hybridized carbons (Fsp3) is 0.0714. The lowest BCUT2D eigenvalue weighted by atomic mass is 10.2. The number of nitrogens with one attached hydrogen (secondary N) is 1. The van der Waals surface area contributed by atoms with E-state index in [4.69, 9.17) is 11.6 Å². The zero-order valence-corrected chi connectivity index (χ0v) is 14.0. The molecule has 0 atom stereocenters. The molecular weight excluding hydrogens is 360 g/mol. The van der Waals surface area contributed by atoms with Crippen molar-refractivity contribution < 1.29 is 16.8 Å². The van der Waals surface area contributed by atoms with Crippen LogP contribution in [0.1, 0.15) is 5.56 Å². The number of hydrogen-bond acceptors (Lipinski definition) is 5. The van der Waals surface area contributed by atoms with E-state index in [-0.39, 0.29) is 21.2 Å². The van der Waals surface area contributed by atoms with Gasteiger partial charge in [-0.2, -0.15) is 8.42 Å². The van der Waals surface area contributed by atoms with Crippen molar-refractivity contribution in [1.82, 2.24) is 0 Å². The van der Waals surface area contributed by atoms with E-state index in [9.17, 15) is 16.8 Å². The molecule has 120 valence electrons. The Morgan fingerprint density at radius 1 is 1.13 bits per heavy atom. The summed E-state index contributed by atoms with van der Waals surface area (Å²) in [6.07, 6.45) is 1.05. The summed E-state index contributed by atoms with van der Waals surface area (Å²) in [5, 5.41) is 3.01. The highest BCUT2D eigenvalue weighted by Crippen LogP contribution is 2.30. The number of rotatable bonds is 3. The molecule has 0 radical (unpaired) electrons. The van der Waals surface area contributed by atoms with Gasteiger partial charge in [0.15, 0.2) is 9.84 Å². The average Bonchev–Trinajstić information content (AvgIpc) is 2.49. The first-order chi connectivity index (χ1) is 10.8. The summed E-state index contributed by atoms with van der Waals surface area (Å²) in [4.78, 5) is -0.265. The van der Waals surface area contributed by atoms with Gasteiger partial charge in [-0.05, 0) is 29.8 Å². The lowest BCUT2D eigenvalue weighted by Crippen LogP contribution is -2.13. The van der Waals surface area contributed by atoms with Gasteiger partial charge in [-0.25, -0.2) is 8.42 Å². The Balaban J connectivity index is 2.04. The molecule has 9 heteroatoms. The van der Waals surface area contributed by atoms with Gasteiger partial charge >= 0.3 is 0 Å². The van der Waals surface area contributed by atoms with Crippen LogP contribution in [0.25, 0.3) is 0 Å². The highest BCUT2D eigenvalue weighted by atomic mass is 35.5. The second-order valence-electron chi connectivity index (χ2n) is 4.86. The maximum Gasteiger partial charge on any atom is 0.285 e. The van der Waals surface area contributed by atoms with Crippen LogP contribution in [-0.2, 0) is 25.6 Å². The summed E-state index contributed by atoms with van der Waals surface area (Å²) >= 11 is 5.99. The number of sulfone groups is 1. The van der Waals surface area contributed by atoms with Gasteiger partial charge in [-0.3, -0.25) is 0 Å². The topological polar surface area (TPSA) is 92.7 Å². The van der Waals surface area contributed by atoms with Crippen LogP contribution < -0.4 is 5.32 Å². The quantitative estimate of drug-likeness (QED) is 0.895. The van der Waals surface area contributed by atoms with Crippen molar-refractivity contribution in [3.05, 3.63) is 53.1 Å². The van der Waals surface area contributed by atoms with E-state index in [1.165, 1.54) is 12.1 Å². The molecule has 0 amide bonds. The van der Waals surface area contributed by atoms with Crippen molar-refractivity contribution in [3.8, 4) is 0 Å². The summed E-state index contributed by atoms with van der Waals surface area (Å²) in [6, 6.07) is 10.5. The number of halogens is 1. The van der Waals surface area contributed by atoms with E-state index in [0.717, 1.165) is 12.4 Å². The van der Waals surface area contributed by atoms with Crippen LogP contribution >= 0.6 is 11.6 Å². The average molecular weight is 371 g/mol. The van der Waals surface area contributed by atoms with Crippen molar-refractivity contribution in [1.29, 1.82) is 0 Å². The number of hydrogen-bond donors (Lipinski definition) is 1. The van der Waals surface area contributed by atoms with E-state index in [1.54, 1.807) is 24.3 Å². The van der Waals surface area contributed by atoms with Crippen LogP contribution in [0.2, 0.25) is 5.02 Å². The maximum atomic E-state index is 12.5. The fourth-order valence-electron chi connectivity index (χ4n) is 2.15. The molecule has 0 bridgehead atoms. The van der Waals surface area contributed by atoms with E-state index in [1.807, 2.05) is 0 Å².